The zero-order chi connectivity index (χ0) is 19.1. The SMILES string of the molecule is Nc1ccc(/C=C/C(=O)C(=O)N2CCN(CCc3ccccc3)CC2)cc1. The zero-order valence-electron chi connectivity index (χ0n) is 15.4. The highest BCUT2D eigenvalue weighted by Gasteiger charge is 2.24. The molecule has 2 aromatic rings. The van der Waals surface area contributed by atoms with Crippen LogP contribution in [0.25, 0.3) is 6.08 Å². The van der Waals surface area contributed by atoms with E-state index in [1.54, 1.807) is 23.1 Å². The van der Waals surface area contributed by atoms with E-state index in [0.717, 1.165) is 31.6 Å². The topological polar surface area (TPSA) is 66.6 Å². The molecule has 1 heterocycles. The number of carbonyl (C=O) groups excluding carboxylic acids is 2. The van der Waals surface area contributed by atoms with Gasteiger partial charge < -0.3 is 10.6 Å². The number of benzene rings is 2. The van der Waals surface area contributed by atoms with Gasteiger partial charge >= 0.3 is 0 Å². The molecule has 0 atom stereocenters. The molecule has 0 bridgehead atoms. The molecule has 0 aliphatic carbocycles. The number of nitrogen functional groups attached to an aromatic ring is 1. The van der Waals surface area contributed by atoms with Crippen LogP contribution in [0, 0.1) is 0 Å². The molecule has 5 nitrogen and oxygen atoms in total. The van der Waals surface area contributed by atoms with E-state index >= 15 is 0 Å². The molecule has 1 amide bonds. The van der Waals surface area contributed by atoms with E-state index in [1.165, 1.54) is 11.6 Å². The number of hydrogen-bond donors (Lipinski definition) is 1. The van der Waals surface area contributed by atoms with Crippen molar-refractivity contribution in [3.05, 3.63) is 71.8 Å². The van der Waals surface area contributed by atoms with Crippen molar-refractivity contribution in [3.8, 4) is 0 Å². The summed E-state index contributed by atoms with van der Waals surface area (Å²) in [7, 11) is 0. The molecule has 3 rings (SSSR count). The molecule has 0 aromatic heterocycles. The van der Waals surface area contributed by atoms with Gasteiger partial charge in [0.25, 0.3) is 5.91 Å². The Morgan fingerprint density at radius 3 is 2.26 bits per heavy atom. The normalized spacial score (nSPS) is 15.2. The summed E-state index contributed by atoms with van der Waals surface area (Å²) >= 11 is 0. The van der Waals surface area contributed by atoms with Crippen molar-refractivity contribution in [3.63, 3.8) is 0 Å². The number of nitrogens with zero attached hydrogens (tertiary/aromatic N) is 2. The van der Waals surface area contributed by atoms with Crippen molar-refractivity contribution in [1.29, 1.82) is 0 Å². The third-order valence-electron chi connectivity index (χ3n) is 4.79. The van der Waals surface area contributed by atoms with E-state index in [2.05, 4.69) is 29.2 Å². The number of carbonyl (C=O) groups is 2. The van der Waals surface area contributed by atoms with Crippen LogP contribution in [0.15, 0.2) is 60.7 Å². The van der Waals surface area contributed by atoms with Crippen molar-refractivity contribution in [1.82, 2.24) is 9.80 Å². The van der Waals surface area contributed by atoms with Gasteiger partial charge in [-0.2, -0.15) is 0 Å². The highest BCUT2D eigenvalue weighted by Crippen LogP contribution is 2.09. The lowest BCUT2D eigenvalue weighted by Crippen LogP contribution is -2.50. The summed E-state index contributed by atoms with van der Waals surface area (Å²) in [5, 5.41) is 0. The molecular formula is C22H25N3O2. The van der Waals surface area contributed by atoms with E-state index in [1.807, 2.05) is 18.2 Å². The third kappa shape index (κ3) is 5.53. The maximum absolute atomic E-state index is 12.3. The van der Waals surface area contributed by atoms with Gasteiger partial charge in [-0.15, -0.1) is 0 Å². The molecule has 2 N–H and O–H groups in total. The monoisotopic (exact) mass is 363 g/mol. The molecule has 1 fully saturated rings. The van der Waals surface area contributed by atoms with Crippen molar-refractivity contribution in [2.75, 3.05) is 38.5 Å². The van der Waals surface area contributed by atoms with Crippen LogP contribution in [0.2, 0.25) is 0 Å². The average molecular weight is 363 g/mol. The molecule has 2 aromatic carbocycles. The highest BCUT2D eigenvalue weighted by atomic mass is 16.2. The van der Waals surface area contributed by atoms with E-state index in [9.17, 15) is 9.59 Å². The van der Waals surface area contributed by atoms with Gasteiger partial charge in [-0.3, -0.25) is 14.5 Å². The summed E-state index contributed by atoms with van der Waals surface area (Å²) in [6, 6.07) is 17.5. The lowest BCUT2D eigenvalue weighted by Gasteiger charge is -2.34. The van der Waals surface area contributed by atoms with Crippen LogP contribution in [0.1, 0.15) is 11.1 Å². The minimum atomic E-state index is -0.482. The number of amides is 1. The number of rotatable bonds is 6. The molecule has 1 aliphatic rings. The van der Waals surface area contributed by atoms with Crippen LogP contribution in [-0.4, -0.2) is 54.2 Å². The third-order valence-corrected chi connectivity index (χ3v) is 4.79. The maximum atomic E-state index is 12.3. The number of anilines is 1. The van der Waals surface area contributed by atoms with Crippen molar-refractivity contribution < 1.29 is 9.59 Å². The number of piperazine rings is 1. The van der Waals surface area contributed by atoms with Crippen LogP contribution in [0.3, 0.4) is 0 Å². The van der Waals surface area contributed by atoms with E-state index in [-0.39, 0.29) is 0 Å². The van der Waals surface area contributed by atoms with E-state index < -0.39 is 11.7 Å². The first kappa shape index (κ1) is 18.9. The van der Waals surface area contributed by atoms with Gasteiger partial charge in [-0.05, 0) is 35.8 Å². The Balaban J connectivity index is 1.44. The fraction of sp³-hybridized carbons (Fsp3) is 0.273. The summed E-state index contributed by atoms with van der Waals surface area (Å²) in [5.74, 6) is -0.908. The fourth-order valence-electron chi connectivity index (χ4n) is 3.11. The molecule has 140 valence electrons. The Hall–Kier alpha value is -2.92. The van der Waals surface area contributed by atoms with Gasteiger partial charge in [0.05, 0.1) is 0 Å². The maximum Gasteiger partial charge on any atom is 0.294 e. The molecule has 0 radical (unpaired) electrons. The first-order valence-corrected chi connectivity index (χ1v) is 9.25. The minimum Gasteiger partial charge on any atom is -0.399 e. The quantitative estimate of drug-likeness (QED) is 0.486. The van der Waals surface area contributed by atoms with Crippen LogP contribution in [-0.2, 0) is 16.0 Å². The zero-order valence-corrected chi connectivity index (χ0v) is 15.4. The molecule has 1 saturated heterocycles. The van der Waals surface area contributed by atoms with Crippen LogP contribution >= 0.6 is 0 Å². The summed E-state index contributed by atoms with van der Waals surface area (Å²) in [5.41, 5.74) is 8.47. The van der Waals surface area contributed by atoms with Gasteiger partial charge in [-0.1, -0.05) is 48.5 Å². The predicted molar refractivity (Wildman–Crippen MR) is 108 cm³/mol. The number of hydrogen-bond acceptors (Lipinski definition) is 4. The average Bonchev–Trinajstić information content (AvgIpc) is 2.72. The number of ketones is 1. The Morgan fingerprint density at radius 1 is 0.926 bits per heavy atom. The van der Waals surface area contributed by atoms with Crippen LogP contribution < -0.4 is 5.73 Å². The van der Waals surface area contributed by atoms with Gasteiger partial charge in [0, 0.05) is 38.4 Å². The lowest BCUT2D eigenvalue weighted by atomic mass is 10.1. The van der Waals surface area contributed by atoms with Gasteiger partial charge in [0.2, 0.25) is 5.78 Å². The minimum absolute atomic E-state index is 0.426. The van der Waals surface area contributed by atoms with Crippen LogP contribution in [0.5, 0.6) is 0 Å². The standard InChI is InChI=1S/C22H25N3O2/c23-20-9-6-19(7-10-20)8-11-21(26)22(27)25-16-14-24(15-17-25)13-12-18-4-2-1-3-5-18/h1-11H,12-17,23H2/b11-8+. The highest BCUT2D eigenvalue weighted by molar-refractivity contribution is 6.41. The smallest absolute Gasteiger partial charge is 0.294 e. The predicted octanol–water partition coefficient (Wildman–Crippen LogP) is 2.24. The van der Waals surface area contributed by atoms with Crippen molar-refractivity contribution in [2.45, 2.75) is 6.42 Å². The summed E-state index contributed by atoms with van der Waals surface area (Å²) in [6.45, 7) is 3.75. The number of nitrogens with two attached hydrogens (primary N) is 1. The molecule has 0 unspecified atom stereocenters. The molecule has 5 heteroatoms. The summed E-state index contributed by atoms with van der Waals surface area (Å²) in [4.78, 5) is 28.5. The second-order valence-corrected chi connectivity index (χ2v) is 6.73. The van der Waals surface area contributed by atoms with Gasteiger partial charge in [-0.25, -0.2) is 0 Å². The first-order valence-electron chi connectivity index (χ1n) is 9.25. The van der Waals surface area contributed by atoms with Crippen molar-refractivity contribution in [2.24, 2.45) is 0 Å². The Labute approximate surface area is 160 Å². The fourth-order valence-corrected chi connectivity index (χ4v) is 3.11. The Bertz CT molecular complexity index is 792. The lowest BCUT2D eigenvalue weighted by molar-refractivity contribution is -0.143. The van der Waals surface area contributed by atoms with Crippen LogP contribution in [0.4, 0.5) is 5.69 Å². The molecular weight excluding hydrogens is 338 g/mol. The van der Waals surface area contributed by atoms with Crippen molar-refractivity contribution >= 4 is 23.5 Å². The Kier molecular flexibility index (Phi) is 6.39. The van der Waals surface area contributed by atoms with E-state index in [4.69, 9.17) is 5.73 Å². The molecule has 0 spiro atoms. The molecule has 27 heavy (non-hydrogen) atoms. The van der Waals surface area contributed by atoms with Gasteiger partial charge in [0.15, 0.2) is 0 Å². The summed E-state index contributed by atoms with van der Waals surface area (Å²) < 4.78 is 0. The second-order valence-electron chi connectivity index (χ2n) is 6.73. The molecule has 1 aliphatic heterocycles. The molecule has 0 saturated carbocycles. The van der Waals surface area contributed by atoms with E-state index in [0.29, 0.717) is 18.8 Å². The largest absolute Gasteiger partial charge is 0.399 e. The summed E-state index contributed by atoms with van der Waals surface area (Å²) in [6.07, 6.45) is 3.99. The Morgan fingerprint density at radius 2 is 1.59 bits per heavy atom. The van der Waals surface area contributed by atoms with Gasteiger partial charge in [0.1, 0.15) is 0 Å². The second kappa shape index (κ2) is 9.14. The first-order chi connectivity index (χ1) is 13.1.